The van der Waals surface area contributed by atoms with Crippen LogP contribution in [-0.4, -0.2) is 47.0 Å². The molecule has 0 radical (unpaired) electrons. The second kappa shape index (κ2) is 9.25. The molecule has 0 spiro atoms. The maximum atomic E-state index is 13.6. The zero-order valence-corrected chi connectivity index (χ0v) is 18.0. The molecule has 6 heteroatoms. The fraction of sp³-hybridized carbons (Fsp3) is 0.320. The van der Waals surface area contributed by atoms with Gasteiger partial charge in [-0.2, -0.15) is 0 Å². The highest BCUT2D eigenvalue weighted by Crippen LogP contribution is 2.25. The summed E-state index contributed by atoms with van der Waals surface area (Å²) in [6, 6.07) is 18.3. The molecule has 1 amide bonds. The van der Waals surface area contributed by atoms with E-state index >= 15 is 0 Å². The highest BCUT2D eigenvalue weighted by molar-refractivity contribution is 5.84. The van der Waals surface area contributed by atoms with Gasteiger partial charge >= 0.3 is 0 Å². The van der Waals surface area contributed by atoms with E-state index in [-0.39, 0.29) is 17.6 Å². The summed E-state index contributed by atoms with van der Waals surface area (Å²) in [6.07, 6.45) is 0.783. The molecule has 160 valence electrons. The van der Waals surface area contributed by atoms with Crippen LogP contribution in [0, 0.1) is 12.7 Å². The van der Waals surface area contributed by atoms with Gasteiger partial charge in [0.05, 0.1) is 5.92 Å². The Morgan fingerprint density at radius 1 is 1.00 bits per heavy atom. The lowest BCUT2D eigenvalue weighted by atomic mass is 9.95. The summed E-state index contributed by atoms with van der Waals surface area (Å²) < 4.78 is 13.6. The minimum atomic E-state index is -0.305. The quantitative estimate of drug-likeness (QED) is 0.615. The molecule has 1 aromatic heterocycles. The number of rotatable bonds is 5. The van der Waals surface area contributed by atoms with Crippen molar-refractivity contribution in [3.05, 3.63) is 77.7 Å². The number of anilines is 1. The number of nitrogens with zero attached hydrogens (tertiary/aromatic N) is 4. The third-order valence-corrected chi connectivity index (χ3v) is 5.75. The van der Waals surface area contributed by atoms with Gasteiger partial charge in [-0.1, -0.05) is 49.4 Å². The van der Waals surface area contributed by atoms with E-state index in [0.717, 1.165) is 23.5 Å². The van der Waals surface area contributed by atoms with Crippen molar-refractivity contribution in [3.8, 4) is 11.4 Å². The SMILES string of the molecule is CC[C@@H](C(=O)N1CCN(c2cc(C)nc(-c3cccc(F)c3)n2)CC1)c1ccccc1. The van der Waals surface area contributed by atoms with Crippen LogP contribution >= 0.6 is 0 Å². The minimum Gasteiger partial charge on any atom is -0.353 e. The second-order valence-corrected chi connectivity index (χ2v) is 7.89. The summed E-state index contributed by atoms with van der Waals surface area (Å²) >= 11 is 0. The van der Waals surface area contributed by atoms with Crippen LogP contribution in [0.4, 0.5) is 10.2 Å². The van der Waals surface area contributed by atoms with Gasteiger partial charge in [0.25, 0.3) is 0 Å². The van der Waals surface area contributed by atoms with Crippen LogP contribution in [0.2, 0.25) is 0 Å². The van der Waals surface area contributed by atoms with Crippen molar-refractivity contribution in [2.75, 3.05) is 31.1 Å². The highest BCUT2D eigenvalue weighted by Gasteiger charge is 2.28. The molecule has 0 bridgehead atoms. The summed E-state index contributed by atoms with van der Waals surface area (Å²) in [5, 5.41) is 0. The summed E-state index contributed by atoms with van der Waals surface area (Å²) in [5.41, 5.74) is 2.56. The van der Waals surface area contributed by atoms with Gasteiger partial charge in [0.2, 0.25) is 5.91 Å². The Hall–Kier alpha value is -3.28. The molecule has 31 heavy (non-hydrogen) atoms. The smallest absolute Gasteiger partial charge is 0.230 e. The summed E-state index contributed by atoms with van der Waals surface area (Å²) in [4.78, 5) is 26.4. The third kappa shape index (κ3) is 4.74. The first kappa shape index (κ1) is 21.0. The van der Waals surface area contributed by atoms with E-state index in [2.05, 4.69) is 21.8 Å². The van der Waals surface area contributed by atoms with Gasteiger partial charge in [0, 0.05) is 43.5 Å². The molecular weight excluding hydrogens is 391 g/mol. The predicted molar refractivity (Wildman–Crippen MR) is 120 cm³/mol. The Morgan fingerprint density at radius 3 is 2.42 bits per heavy atom. The molecule has 0 unspecified atom stereocenters. The first-order valence-electron chi connectivity index (χ1n) is 10.8. The fourth-order valence-electron chi connectivity index (χ4n) is 4.09. The van der Waals surface area contributed by atoms with Gasteiger partial charge in [-0.15, -0.1) is 0 Å². The Balaban J connectivity index is 1.47. The van der Waals surface area contributed by atoms with E-state index in [9.17, 15) is 9.18 Å². The number of halogens is 1. The fourth-order valence-corrected chi connectivity index (χ4v) is 4.09. The lowest BCUT2D eigenvalue weighted by Crippen LogP contribution is -2.50. The van der Waals surface area contributed by atoms with Gasteiger partial charge in [-0.05, 0) is 31.0 Å². The molecule has 2 heterocycles. The van der Waals surface area contributed by atoms with Crippen molar-refractivity contribution >= 4 is 11.7 Å². The topological polar surface area (TPSA) is 49.3 Å². The third-order valence-electron chi connectivity index (χ3n) is 5.75. The Morgan fingerprint density at radius 2 is 1.74 bits per heavy atom. The average molecular weight is 419 g/mol. The number of carbonyl (C=O) groups is 1. The van der Waals surface area contributed by atoms with Crippen LogP contribution in [0.3, 0.4) is 0 Å². The Kier molecular flexibility index (Phi) is 6.26. The van der Waals surface area contributed by atoms with Gasteiger partial charge in [-0.25, -0.2) is 14.4 Å². The van der Waals surface area contributed by atoms with E-state index in [1.165, 1.54) is 12.1 Å². The van der Waals surface area contributed by atoms with E-state index < -0.39 is 0 Å². The van der Waals surface area contributed by atoms with E-state index in [0.29, 0.717) is 37.6 Å². The maximum Gasteiger partial charge on any atom is 0.230 e. The highest BCUT2D eigenvalue weighted by atomic mass is 19.1. The normalized spacial score (nSPS) is 15.1. The van der Waals surface area contributed by atoms with E-state index in [4.69, 9.17) is 0 Å². The van der Waals surface area contributed by atoms with Crippen LogP contribution in [0.1, 0.15) is 30.5 Å². The van der Waals surface area contributed by atoms with Crippen LogP contribution in [0.5, 0.6) is 0 Å². The molecule has 0 saturated carbocycles. The lowest BCUT2D eigenvalue weighted by molar-refractivity contribution is -0.133. The molecule has 1 saturated heterocycles. The molecular formula is C25H27FN4O. The van der Waals surface area contributed by atoms with Gasteiger partial charge in [0.1, 0.15) is 11.6 Å². The summed E-state index contributed by atoms with van der Waals surface area (Å²) in [5.74, 6) is 1.11. The van der Waals surface area contributed by atoms with Gasteiger partial charge < -0.3 is 9.80 Å². The first-order valence-corrected chi connectivity index (χ1v) is 10.8. The number of amides is 1. The molecule has 1 fully saturated rings. The van der Waals surface area contributed by atoms with Crippen LogP contribution < -0.4 is 4.90 Å². The zero-order valence-electron chi connectivity index (χ0n) is 18.0. The van der Waals surface area contributed by atoms with Crippen molar-refractivity contribution < 1.29 is 9.18 Å². The van der Waals surface area contributed by atoms with Crippen molar-refractivity contribution in [3.63, 3.8) is 0 Å². The predicted octanol–water partition coefficient (Wildman–Crippen LogP) is 4.43. The molecule has 3 aromatic rings. The average Bonchev–Trinajstić information content (AvgIpc) is 2.80. The van der Waals surface area contributed by atoms with Gasteiger partial charge in [-0.3, -0.25) is 4.79 Å². The van der Waals surface area contributed by atoms with Crippen LogP contribution in [0.15, 0.2) is 60.7 Å². The first-order chi connectivity index (χ1) is 15.0. The Labute approximate surface area is 182 Å². The van der Waals surface area contributed by atoms with Crippen LogP contribution in [0.25, 0.3) is 11.4 Å². The summed E-state index contributed by atoms with van der Waals surface area (Å²) in [7, 11) is 0. The molecule has 1 aliphatic rings. The van der Waals surface area contributed by atoms with Crippen molar-refractivity contribution in [2.24, 2.45) is 0 Å². The van der Waals surface area contributed by atoms with Crippen LogP contribution in [-0.2, 0) is 4.79 Å². The maximum absolute atomic E-state index is 13.6. The Bertz CT molecular complexity index is 1050. The van der Waals surface area contributed by atoms with Crippen molar-refractivity contribution in [1.82, 2.24) is 14.9 Å². The zero-order chi connectivity index (χ0) is 21.8. The summed E-state index contributed by atoms with van der Waals surface area (Å²) in [6.45, 7) is 6.69. The molecule has 4 rings (SSSR count). The number of piperazine rings is 1. The molecule has 0 N–H and O–H groups in total. The standard InChI is InChI=1S/C25H27FN4O/c1-3-22(19-8-5-4-6-9-19)25(31)30-14-12-29(13-15-30)23-16-18(2)27-24(28-23)20-10-7-11-21(26)17-20/h4-11,16-17,22H,3,12-15H2,1-2H3/t22-/m1/s1. The number of aromatic nitrogens is 2. The van der Waals surface area contributed by atoms with Gasteiger partial charge in [0.15, 0.2) is 5.82 Å². The number of hydrogen-bond acceptors (Lipinski definition) is 4. The monoisotopic (exact) mass is 418 g/mol. The largest absolute Gasteiger partial charge is 0.353 e. The van der Waals surface area contributed by atoms with E-state index in [1.54, 1.807) is 6.07 Å². The minimum absolute atomic E-state index is 0.103. The number of carbonyl (C=O) groups excluding carboxylic acids is 1. The van der Waals surface area contributed by atoms with Crippen molar-refractivity contribution in [2.45, 2.75) is 26.2 Å². The number of benzene rings is 2. The molecule has 1 aliphatic heterocycles. The van der Waals surface area contributed by atoms with E-state index in [1.807, 2.05) is 54.3 Å². The molecule has 1 atom stereocenters. The molecule has 5 nitrogen and oxygen atoms in total. The molecule has 0 aliphatic carbocycles. The number of hydrogen-bond donors (Lipinski definition) is 0. The number of aryl methyl sites for hydroxylation is 1. The lowest BCUT2D eigenvalue weighted by Gasteiger charge is -2.37. The molecule has 2 aromatic carbocycles. The second-order valence-electron chi connectivity index (χ2n) is 7.89. The van der Waals surface area contributed by atoms with Crippen molar-refractivity contribution in [1.29, 1.82) is 0 Å².